The predicted molar refractivity (Wildman–Crippen MR) is 95.2 cm³/mol. The van der Waals surface area contributed by atoms with Crippen molar-refractivity contribution in [1.82, 2.24) is 0 Å². The van der Waals surface area contributed by atoms with Crippen molar-refractivity contribution in [2.75, 3.05) is 6.61 Å². The molecule has 0 rings (SSSR count). The highest BCUT2D eigenvalue weighted by atomic mass is 16.6. The Labute approximate surface area is 143 Å². The summed E-state index contributed by atoms with van der Waals surface area (Å²) in [5, 5.41) is 0. The van der Waals surface area contributed by atoms with E-state index >= 15 is 0 Å². The first-order chi connectivity index (χ1) is 10.5. The molecule has 0 unspecified atom stereocenters. The SMILES string of the molecule is CC(C)CC(=O)OC(C)(C)C.CCCCCOC(=O)CC(C)C. The Morgan fingerprint density at radius 2 is 1.35 bits per heavy atom. The zero-order chi connectivity index (χ0) is 18.5. The van der Waals surface area contributed by atoms with Crippen molar-refractivity contribution in [3.8, 4) is 0 Å². The number of carbonyl (C=O) groups is 2. The van der Waals surface area contributed by atoms with Crippen LogP contribution in [0.3, 0.4) is 0 Å². The van der Waals surface area contributed by atoms with Gasteiger partial charge in [-0.05, 0) is 39.0 Å². The van der Waals surface area contributed by atoms with Gasteiger partial charge in [-0.3, -0.25) is 9.59 Å². The standard InChI is InChI=1S/C10H20O2.C9H18O2/c1-4-5-6-7-12-10(11)8-9(2)3;1-7(2)6-8(10)11-9(3,4)5/h9H,4-8H2,1-3H3;7H,6H2,1-5H3. The van der Waals surface area contributed by atoms with E-state index in [0.717, 1.165) is 12.8 Å². The van der Waals surface area contributed by atoms with E-state index < -0.39 is 0 Å². The number of ether oxygens (including phenoxy) is 2. The summed E-state index contributed by atoms with van der Waals surface area (Å²) in [7, 11) is 0. The van der Waals surface area contributed by atoms with Gasteiger partial charge in [-0.25, -0.2) is 0 Å². The molecule has 4 nitrogen and oxygen atoms in total. The molecule has 0 spiro atoms. The fraction of sp³-hybridized carbons (Fsp3) is 0.895. The maximum absolute atomic E-state index is 11.0. The van der Waals surface area contributed by atoms with E-state index in [1.54, 1.807) is 0 Å². The lowest BCUT2D eigenvalue weighted by Crippen LogP contribution is -2.24. The molecule has 0 bridgehead atoms. The Morgan fingerprint density at radius 1 is 0.870 bits per heavy atom. The molecule has 0 atom stereocenters. The number of carbonyl (C=O) groups excluding carboxylic acids is 2. The van der Waals surface area contributed by atoms with Crippen LogP contribution in [0.1, 0.15) is 87.5 Å². The molecule has 0 heterocycles. The van der Waals surface area contributed by atoms with Crippen molar-refractivity contribution >= 4 is 11.9 Å². The summed E-state index contributed by atoms with van der Waals surface area (Å²) < 4.78 is 10.1. The van der Waals surface area contributed by atoms with Gasteiger partial charge in [-0.1, -0.05) is 47.5 Å². The van der Waals surface area contributed by atoms with Gasteiger partial charge in [0.05, 0.1) is 6.61 Å². The van der Waals surface area contributed by atoms with E-state index in [2.05, 4.69) is 6.92 Å². The van der Waals surface area contributed by atoms with Crippen LogP contribution in [0.2, 0.25) is 0 Å². The summed E-state index contributed by atoms with van der Waals surface area (Å²) in [6.07, 6.45) is 4.38. The molecule has 23 heavy (non-hydrogen) atoms. The quantitative estimate of drug-likeness (QED) is 0.457. The van der Waals surface area contributed by atoms with Crippen LogP contribution in [-0.2, 0) is 19.1 Å². The molecule has 0 N–H and O–H groups in total. The van der Waals surface area contributed by atoms with Gasteiger partial charge in [-0.2, -0.15) is 0 Å². The second kappa shape index (κ2) is 13.4. The number of unbranched alkanes of at least 4 members (excludes halogenated alkanes) is 2. The van der Waals surface area contributed by atoms with Gasteiger partial charge < -0.3 is 9.47 Å². The van der Waals surface area contributed by atoms with E-state index in [-0.39, 0.29) is 17.5 Å². The van der Waals surface area contributed by atoms with Crippen molar-refractivity contribution in [3.63, 3.8) is 0 Å². The van der Waals surface area contributed by atoms with Crippen molar-refractivity contribution in [2.24, 2.45) is 11.8 Å². The van der Waals surface area contributed by atoms with Crippen LogP contribution in [0.15, 0.2) is 0 Å². The maximum Gasteiger partial charge on any atom is 0.306 e. The third-order valence-electron chi connectivity index (χ3n) is 2.58. The zero-order valence-corrected chi connectivity index (χ0v) is 16.5. The Hall–Kier alpha value is -1.06. The monoisotopic (exact) mass is 330 g/mol. The maximum atomic E-state index is 11.0. The van der Waals surface area contributed by atoms with Gasteiger partial charge in [0.25, 0.3) is 0 Å². The van der Waals surface area contributed by atoms with Gasteiger partial charge in [0, 0.05) is 12.8 Å². The molecule has 0 aliphatic carbocycles. The second-order valence-corrected chi connectivity index (χ2v) is 7.71. The number of hydrogen-bond donors (Lipinski definition) is 0. The molecule has 0 aromatic rings. The molecule has 0 aliphatic rings. The van der Waals surface area contributed by atoms with Crippen molar-refractivity contribution in [1.29, 1.82) is 0 Å². The third kappa shape index (κ3) is 23.3. The van der Waals surface area contributed by atoms with Gasteiger partial charge in [0.1, 0.15) is 5.60 Å². The Morgan fingerprint density at radius 3 is 1.74 bits per heavy atom. The smallest absolute Gasteiger partial charge is 0.306 e. The molecule has 0 aromatic carbocycles. The van der Waals surface area contributed by atoms with Crippen LogP contribution in [-0.4, -0.2) is 24.1 Å². The van der Waals surface area contributed by atoms with Crippen LogP contribution < -0.4 is 0 Å². The number of esters is 2. The molecule has 0 amide bonds. The molecule has 0 radical (unpaired) electrons. The first kappa shape index (κ1) is 24.2. The summed E-state index contributed by atoms with van der Waals surface area (Å²) >= 11 is 0. The zero-order valence-electron chi connectivity index (χ0n) is 16.5. The molecule has 0 saturated heterocycles. The summed E-state index contributed by atoms with van der Waals surface area (Å²) in [5.74, 6) is 0.627. The fourth-order valence-electron chi connectivity index (χ4n) is 1.65. The fourth-order valence-corrected chi connectivity index (χ4v) is 1.65. The molecule has 0 fully saturated rings. The predicted octanol–water partition coefficient (Wildman–Crippen LogP) is 5.14. The molecule has 0 aromatic heterocycles. The molecule has 138 valence electrons. The highest BCUT2D eigenvalue weighted by Crippen LogP contribution is 2.10. The van der Waals surface area contributed by atoms with E-state index in [0.29, 0.717) is 31.3 Å². The summed E-state index contributed by atoms with van der Waals surface area (Å²) in [5.41, 5.74) is -0.341. The van der Waals surface area contributed by atoms with Gasteiger partial charge in [-0.15, -0.1) is 0 Å². The Bertz CT molecular complexity index is 314. The average molecular weight is 331 g/mol. The lowest BCUT2D eigenvalue weighted by Gasteiger charge is -2.19. The van der Waals surface area contributed by atoms with Crippen molar-refractivity contribution < 1.29 is 19.1 Å². The second-order valence-electron chi connectivity index (χ2n) is 7.71. The van der Waals surface area contributed by atoms with Crippen molar-refractivity contribution in [3.05, 3.63) is 0 Å². The first-order valence-electron chi connectivity index (χ1n) is 8.85. The van der Waals surface area contributed by atoms with Crippen LogP contribution in [0.5, 0.6) is 0 Å². The van der Waals surface area contributed by atoms with E-state index in [1.807, 2.05) is 48.5 Å². The molecule has 0 saturated carbocycles. The van der Waals surface area contributed by atoms with E-state index in [4.69, 9.17) is 9.47 Å². The third-order valence-corrected chi connectivity index (χ3v) is 2.58. The van der Waals surface area contributed by atoms with Crippen molar-refractivity contribution in [2.45, 2.75) is 93.1 Å². The van der Waals surface area contributed by atoms with Gasteiger partial charge in [0.15, 0.2) is 0 Å². The number of hydrogen-bond acceptors (Lipinski definition) is 4. The highest BCUT2D eigenvalue weighted by Gasteiger charge is 2.16. The molecule has 0 aliphatic heterocycles. The summed E-state index contributed by atoms with van der Waals surface area (Å²) in [4.78, 5) is 22.0. The highest BCUT2D eigenvalue weighted by molar-refractivity contribution is 5.70. The van der Waals surface area contributed by atoms with Crippen LogP contribution in [0.4, 0.5) is 0 Å². The average Bonchev–Trinajstić information content (AvgIpc) is 2.31. The molecule has 4 heteroatoms. The first-order valence-corrected chi connectivity index (χ1v) is 8.85. The minimum atomic E-state index is -0.341. The molecular formula is C19H38O4. The Balaban J connectivity index is 0. The van der Waals surface area contributed by atoms with Gasteiger partial charge >= 0.3 is 11.9 Å². The van der Waals surface area contributed by atoms with Gasteiger partial charge in [0.2, 0.25) is 0 Å². The lowest BCUT2D eigenvalue weighted by molar-refractivity contribution is -0.155. The van der Waals surface area contributed by atoms with Crippen LogP contribution in [0, 0.1) is 11.8 Å². The number of rotatable bonds is 8. The normalized spacial score (nSPS) is 11.0. The van der Waals surface area contributed by atoms with Crippen LogP contribution in [0.25, 0.3) is 0 Å². The van der Waals surface area contributed by atoms with E-state index in [9.17, 15) is 9.59 Å². The lowest BCUT2D eigenvalue weighted by atomic mass is 10.1. The topological polar surface area (TPSA) is 52.6 Å². The minimum Gasteiger partial charge on any atom is -0.466 e. The molecular weight excluding hydrogens is 292 g/mol. The van der Waals surface area contributed by atoms with Crippen LogP contribution >= 0.6 is 0 Å². The Kier molecular flexibility index (Phi) is 14.1. The summed E-state index contributed by atoms with van der Waals surface area (Å²) in [6.45, 7) is 16.4. The van der Waals surface area contributed by atoms with E-state index in [1.165, 1.54) is 6.42 Å². The largest absolute Gasteiger partial charge is 0.466 e. The summed E-state index contributed by atoms with van der Waals surface area (Å²) in [6, 6.07) is 0. The minimum absolute atomic E-state index is 0.0545.